The Morgan fingerprint density at radius 1 is 1.38 bits per heavy atom. The van der Waals surface area contributed by atoms with Crippen molar-refractivity contribution < 1.29 is 15.0 Å². The summed E-state index contributed by atoms with van der Waals surface area (Å²) < 4.78 is 0. The molecule has 0 aliphatic carbocycles. The molecule has 0 bridgehead atoms. The van der Waals surface area contributed by atoms with Crippen LogP contribution in [0.2, 0.25) is 0 Å². The third-order valence-electron chi connectivity index (χ3n) is 1.94. The summed E-state index contributed by atoms with van der Waals surface area (Å²) >= 11 is 0. The number of aliphatic hydroxyl groups excluding tert-OH is 1. The molecule has 1 unspecified atom stereocenters. The largest absolute Gasteiger partial charge is 0.479 e. The zero-order valence-electron chi connectivity index (χ0n) is 7.40. The summed E-state index contributed by atoms with van der Waals surface area (Å²) in [6, 6.07) is 6.91. The van der Waals surface area contributed by atoms with Crippen molar-refractivity contribution in [3.05, 3.63) is 35.4 Å². The number of aliphatic carboxylic acids is 1. The van der Waals surface area contributed by atoms with Gasteiger partial charge < -0.3 is 10.2 Å². The summed E-state index contributed by atoms with van der Waals surface area (Å²) in [5, 5.41) is 17.7. The van der Waals surface area contributed by atoms with Crippen LogP contribution in [0.4, 0.5) is 0 Å². The molecule has 0 spiro atoms. The molecule has 0 amide bonds. The monoisotopic (exact) mass is 180 g/mol. The smallest absolute Gasteiger partial charge is 0.337 e. The van der Waals surface area contributed by atoms with E-state index in [2.05, 4.69) is 0 Å². The normalized spacial score (nSPS) is 12.5. The number of carboxylic acids is 1. The third kappa shape index (κ3) is 2.29. The molecular formula is C10H12O3. The Kier molecular flexibility index (Phi) is 3.03. The van der Waals surface area contributed by atoms with Gasteiger partial charge in [0.1, 0.15) is 0 Å². The molecule has 3 heteroatoms. The lowest BCUT2D eigenvalue weighted by molar-refractivity contribution is -0.146. The zero-order chi connectivity index (χ0) is 9.84. The number of carbonyl (C=O) groups is 1. The van der Waals surface area contributed by atoms with Gasteiger partial charge in [0.2, 0.25) is 0 Å². The van der Waals surface area contributed by atoms with Crippen LogP contribution in [-0.2, 0) is 11.2 Å². The van der Waals surface area contributed by atoms with Gasteiger partial charge in [-0.15, -0.1) is 0 Å². The topological polar surface area (TPSA) is 57.5 Å². The highest BCUT2D eigenvalue weighted by Gasteiger charge is 2.14. The number of hydrogen-bond acceptors (Lipinski definition) is 2. The van der Waals surface area contributed by atoms with Crippen LogP contribution in [0.15, 0.2) is 24.3 Å². The van der Waals surface area contributed by atoms with E-state index in [0.717, 1.165) is 12.0 Å². The van der Waals surface area contributed by atoms with E-state index in [1.165, 1.54) is 0 Å². The maximum atomic E-state index is 10.4. The van der Waals surface area contributed by atoms with Crippen LogP contribution in [0, 0.1) is 0 Å². The average Bonchev–Trinajstić information content (AvgIpc) is 2.17. The Balaban J connectivity index is 2.85. The zero-order valence-corrected chi connectivity index (χ0v) is 7.40. The summed E-state index contributed by atoms with van der Waals surface area (Å²) in [6.45, 7) is 2.02. The molecule has 1 rings (SSSR count). The van der Waals surface area contributed by atoms with E-state index in [0.29, 0.717) is 5.56 Å². The first-order chi connectivity index (χ1) is 6.15. The first kappa shape index (κ1) is 9.74. The van der Waals surface area contributed by atoms with Gasteiger partial charge in [-0.1, -0.05) is 31.2 Å². The fourth-order valence-electron chi connectivity index (χ4n) is 1.08. The molecule has 0 heterocycles. The fraction of sp³-hybridized carbons (Fsp3) is 0.300. The number of hydrogen-bond donors (Lipinski definition) is 2. The molecule has 13 heavy (non-hydrogen) atoms. The SMILES string of the molecule is CCc1ccc(C(O)C(=O)O)cc1. The maximum Gasteiger partial charge on any atom is 0.337 e. The summed E-state index contributed by atoms with van der Waals surface area (Å²) in [5.74, 6) is -1.22. The Morgan fingerprint density at radius 3 is 2.31 bits per heavy atom. The molecule has 0 radical (unpaired) electrons. The molecule has 0 saturated carbocycles. The van der Waals surface area contributed by atoms with E-state index in [9.17, 15) is 4.79 Å². The van der Waals surface area contributed by atoms with Gasteiger partial charge in [-0.05, 0) is 17.5 Å². The highest BCUT2D eigenvalue weighted by molar-refractivity contribution is 5.73. The van der Waals surface area contributed by atoms with Crippen LogP contribution in [0.5, 0.6) is 0 Å². The minimum Gasteiger partial charge on any atom is -0.479 e. The number of carboxylic acid groups (broad SMARTS) is 1. The molecule has 0 aliphatic rings. The van der Waals surface area contributed by atoms with E-state index in [1.54, 1.807) is 12.1 Å². The van der Waals surface area contributed by atoms with Gasteiger partial charge in [-0.3, -0.25) is 0 Å². The molecule has 0 fully saturated rings. The van der Waals surface area contributed by atoms with Crippen LogP contribution >= 0.6 is 0 Å². The van der Waals surface area contributed by atoms with Crippen LogP contribution in [0.3, 0.4) is 0 Å². The van der Waals surface area contributed by atoms with E-state index >= 15 is 0 Å². The second kappa shape index (κ2) is 4.05. The lowest BCUT2D eigenvalue weighted by atomic mass is 10.1. The lowest BCUT2D eigenvalue weighted by Gasteiger charge is -2.05. The molecule has 70 valence electrons. The molecular weight excluding hydrogens is 168 g/mol. The van der Waals surface area contributed by atoms with Gasteiger partial charge in [-0.2, -0.15) is 0 Å². The first-order valence-electron chi connectivity index (χ1n) is 4.15. The molecule has 1 atom stereocenters. The minimum atomic E-state index is -1.41. The molecule has 0 saturated heterocycles. The summed E-state index contributed by atoms with van der Waals surface area (Å²) in [5.41, 5.74) is 1.55. The van der Waals surface area contributed by atoms with Gasteiger partial charge in [0.25, 0.3) is 0 Å². The van der Waals surface area contributed by atoms with Gasteiger partial charge in [0.05, 0.1) is 0 Å². The lowest BCUT2D eigenvalue weighted by Crippen LogP contribution is -2.10. The average molecular weight is 180 g/mol. The van der Waals surface area contributed by atoms with Gasteiger partial charge >= 0.3 is 5.97 Å². The molecule has 1 aromatic carbocycles. The Morgan fingerprint density at radius 2 is 1.92 bits per heavy atom. The van der Waals surface area contributed by atoms with E-state index in [4.69, 9.17) is 10.2 Å². The van der Waals surface area contributed by atoms with Crippen molar-refractivity contribution in [1.82, 2.24) is 0 Å². The predicted octanol–water partition coefficient (Wildman–Crippen LogP) is 1.37. The van der Waals surface area contributed by atoms with E-state index in [-0.39, 0.29) is 0 Å². The van der Waals surface area contributed by atoms with Crippen LogP contribution in [0.25, 0.3) is 0 Å². The Bertz CT molecular complexity index is 290. The van der Waals surface area contributed by atoms with Crippen molar-refractivity contribution in [1.29, 1.82) is 0 Å². The quantitative estimate of drug-likeness (QED) is 0.738. The second-order valence-corrected chi connectivity index (χ2v) is 2.84. The van der Waals surface area contributed by atoms with Crippen LogP contribution < -0.4 is 0 Å². The van der Waals surface area contributed by atoms with E-state index in [1.807, 2.05) is 19.1 Å². The van der Waals surface area contributed by atoms with Gasteiger partial charge in [-0.25, -0.2) is 4.79 Å². The van der Waals surface area contributed by atoms with E-state index < -0.39 is 12.1 Å². The molecule has 0 aliphatic heterocycles. The molecule has 0 aromatic heterocycles. The number of aliphatic hydroxyl groups is 1. The summed E-state index contributed by atoms with van der Waals surface area (Å²) in [6.07, 6.45) is -0.505. The fourth-order valence-corrected chi connectivity index (χ4v) is 1.08. The van der Waals surface area contributed by atoms with Crippen molar-refractivity contribution in [3.63, 3.8) is 0 Å². The molecule has 3 nitrogen and oxygen atoms in total. The van der Waals surface area contributed by atoms with Crippen LogP contribution in [-0.4, -0.2) is 16.2 Å². The highest BCUT2D eigenvalue weighted by atomic mass is 16.4. The van der Waals surface area contributed by atoms with Gasteiger partial charge in [0.15, 0.2) is 6.10 Å². The maximum absolute atomic E-state index is 10.4. The first-order valence-corrected chi connectivity index (χ1v) is 4.15. The van der Waals surface area contributed by atoms with Crippen molar-refractivity contribution >= 4 is 5.97 Å². The number of aryl methyl sites for hydroxylation is 1. The van der Waals surface area contributed by atoms with Crippen LogP contribution in [0.1, 0.15) is 24.2 Å². The van der Waals surface area contributed by atoms with Crippen molar-refractivity contribution in [2.45, 2.75) is 19.4 Å². The highest BCUT2D eigenvalue weighted by Crippen LogP contribution is 2.13. The summed E-state index contributed by atoms with van der Waals surface area (Å²) in [4.78, 5) is 10.4. The Labute approximate surface area is 76.6 Å². The van der Waals surface area contributed by atoms with Crippen molar-refractivity contribution in [3.8, 4) is 0 Å². The van der Waals surface area contributed by atoms with Gasteiger partial charge in [0, 0.05) is 0 Å². The standard InChI is InChI=1S/C10H12O3/c1-2-7-3-5-8(6-4-7)9(11)10(12)13/h3-6,9,11H,2H2,1H3,(H,12,13). The van der Waals surface area contributed by atoms with Crippen molar-refractivity contribution in [2.24, 2.45) is 0 Å². The second-order valence-electron chi connectivity index (χ2n) is 2.84. The minimum absolute atomic E-state index is 0.421. The number of benzene rings is 1. The molecule has 2 N–H and O–H groups in total. The number of rotatable bonds is 3. The van der Waals surface area contributed by atoms with Crippen molar-refractivity contribution in [2.75, 3.05) is 0 Å². The molecule has 1 aromatic rings. The summed E-state index contributed by atoms with van der Waals surface area (Å²) in [7, 11) is 0. The predicted molar refractivity (Wildman–Crippen MR) is 48.4 cm³/mol. The third-order valence-corrected chi connectivity index (χ3v) is 1.94. The Hall–Kier alpha value is -1.35.